The van der Waals surface area contributed by atoms with Crippen LogP contribution in [-0.2, 0) is 46.3 Å². The number of rotatable bonds is 45. The molecule has 0 spiro atoms. The lowest BCUT2D eigenvalue weighted by Crippen LogP contribution is -2.25. The van der Waals surface area contributed by atoms with Gasteiger partial charge in [-0.3, -0.25) is 27.7 Å². The van der Waals surface area contributed by atoms with Crippen LogP contribution in [0.2, 0.25) is 0 Å². The molecule has 15 nitrogen and oxygen atoms in total. The Hall–Kier alpha value is -2.78. The molecule has 0 aromatic heterocycles. The van der Waals surface area contributed by atoms with E-state index in [1.807, 2.05) is 12.2 Å². The van der Waals surface area contributed by atoms with E-state index in [9.17, 15) is 43.8 Å². The second kappa shape index (κ2) is 44.7. The summed E-state index contributed by atoms with van der Waals surface area (Å²) in [7, 11) is -9.60. The van der Waals surface area contributed by atoms with Gasteiger partial charge in [-0.05, 0) is 89.9 Å². The highest BCUT2D eigenvalue weighted by Crippen LogP contribution is 2.45. The molecule has 0 heterocycles. The number of esters is 2. The molecule has 0 fully saturated rings. The van der Waals surface area contributed by atoms with Gasteiger partial charge in [-0.2, -0.15) is 0 Å². The van der Waals surface area contributed by atoms with Crippen molar-refractivity contribution in [2.24, 2.45) is 0 Å². The summed E-state index contributed by atoms with van der Waals surface area (Å²) in [5.41, 5.74) is 0. The van der Waals surface area contributed by atoms with E-state index in [4.69, 9.17) is 9.47 Å². The van der Waals surface area contributed by atoms with Crippen LogP contribution < -0.4 is 0 Å². The van der Waals surface area contributed by atoms with Gasteiger partial charge in [0, 0.05) is 12.8 Å². The number of hydrogen-bond acceptors (Lipinski definition) is 13. The summed E-state index contributed by atoms with van der Waals surface area (Å²) in [5, 5.41) is 30.0. The first-order chi connectivity index (χ1) is 31.8. The smallest absolute Gasteiger partial charge is 0.463 e. The molecule has 5 unspecified atom stereocenters. The third kappa shape index (κ3) is 46.3. The summed E-state index contributed by atoms with van der Waals surface area (Å²) in [6, 6.07) is 0. The third-order valence-corrected chi connectivity index (χ3v) is 11.2. The first-order valence-electron chi connectivity index (χ1n) is 23.9. The fourth-order valence-corrected chi connectivity index (χ4v) is 7.15. The summed E-state index contributed by atoms with van der Waals surface area (Å²) in [6.45, 7) is 0.247. The Morgan fingerprint density at radius 2 is 0.667 bits per heavy atom. The fraction of sp³-hybridized carbons (Fsp3) is 0.673. The van der Waals surface area contributed by atoms with Crippen molar-refractivity contribution in [2.45, 2.75) is 173 Å². The van der Waals surface area contributed by atoms with Gasteiger partial charge in [-0.15, -0.1) is 0 Å². The van der Waals surface area contributed by atoms with Gasteiger partial charge in [0.05, 0.1) is 26.4 Å². The first kappa shape index (κ1) is 63.2. The summed E-state index contributed by atoms with van der Waals surface area (Å²) >= 11 is 0. The number of carbonyl (C=O) groups excluding carboxylic acids is 2. The van der Waals surface area contributed by atoms with Crippen LogP contribution in [0.15, 0.2) is 85.1 Å². The van der Waals surface area contributed by atoms with Crippen LogP contribution in [0.3, 0.4) is 0 Å². The number of aliphatic hydroxyl groups excluding tert-OH is 3. The van der Waals surface area contributed by atoms with Crippen LogP contribution in [0.5, 0.6) is 0 Å². The van der Waals surface area contributed by atoms with Crippen molar-refractivity contribution in [3.05, 3.63) is 85.1 Å². The molecule has 0 aromatic rings. The summed E-state index contributed by atoms with van der Waals surface area (Å²) in [5.74, 6) is -1.08. The number of allylic oxidation sites excluding steroid dienone is 14. The quantitative estimate of drug-likeness (QED) is 0.0166. The number of phosphoric ester groups is 2. The normalized spacial score (nSPS) is 15.8. The van der Waals surface area contributed by atoms with E-state index in [1.165, 1.54) is 38.5 Å². The average molecular weight is 975 g/mol. The van der Waals surface area contributed by atoms with E-state index >= 15 is 0 Å². The van der Waals surface area contributed by atoms with E-state index in [1.54, 1.807) is 0 Å². The molecule has 0 saturated heterocycles. The molecule has 380 valence electrons. The standard InChI is InChI=1S/C49H84O15P2/c1-3-5-7-9-11-13-15-17-19-21-23-25-27-29-31-33-35-37-48(53)59-39-45(50)41-61-65(55,56)63-43-47(52)44-64-66(57,58)62-42-46(51)40-60-49(54)38-36-34-32-30-28-26-24-22-20-18-16-14-12-10-8-6-4-2/h11-14,17-20,23-26,29,31,45-47,50-52H,3-10,15-16,21-22,27-28,30,32-44H2,1-2H3,(H,55,56)(H,57,58)/b13-11-,14-12-,19-17-,20-18-,25-23-,26-24-,31-29-. The van der Waals surface area contributed by atoms with E-state index in [2.05, 4.69) is 105 Å². The predicted octanol–water partition coefficient (Wildman–Crippen LogP) is 10.9. The number of hydrogen-bond donors (Lipinski definition) is 5. The minimum atomic E-state index is -4.80. The molecule has 5 atom stereocenters. The van der Waals surface area contributed by atoms with Gasteiger partial charge in [0.25, 0.3) is 0 Å². The summed E-state index contributed by atoms with van der Waals surface area (Å²) in [6.07, 6.45) is 45.7. The lowest BCUT2D eigenvalue weighted by atomic mass is 10.1. The Morgan fingerprint density at radius 1 is 0.394 bits per heavy atom. The zero-order valence-corrected chi connectivity index (χ0v) is 41.6. The molecule has 0 aliphatic heterocycles. The van der Waals surface area contributed by atoms with Gasteiger partial charge in [0.1, 0.15) is 31.5 Å². The molecular weight excluding hydrogens is 890 g/mol. The Labute approximate surface area is 396 Å². The third-order valence-electron chi connectivity index (χ3n) is 9.32. The first-order valence-corrected chi connectivity index (χ1v) is 26.9. The van der Waals surface area contributed by atoms with Crippen LogP contribution >= 0.6 is 15.6 Å². The van der Waals surface area contributed by atoms with E-state index in [0.717, 1.165) is 70.6 Å². The average Bonchev–Trinajstić information content (AvgIpc) is 3.29. The second-order valence-corrected chi connectivity index (χ2v) is 18.7. The molecule has 66 heavy (non-hydrogen) atoms. The largest absolute Gasteiger partial charge is 0.472 e. The highest BCUT2D eigenvalue weighted by atomic mass is 31.2. The molecule has 0 aromatic carbocycles. The van der Waals surface area contributed by atoms with Crippen LogP contribution in [0.25, 0.3) is 0 Å². The number of ether oxygens (including phenoxy) is 2. The van der Waals surface area contributed by atoms with E-state index in [-0.39, 0.29) is 12.8 Å². The van der Waals surface area contributed by atoms with Gasteiger partial charge >= 0.3 is 27.6 Å². The minimum absolute atomic E-state index is 0.116. The number of phosphoric acid groups is 2. The Kier molecular flexibility index (Phi) is 42.8. The van der Waals surface area contributed by atoms with Crippen molar-refractivity contribution in [3.63, 3.8) is 0 Å². The highest BCUT2D eigenvalue weighted by Gasteiger charge is 2.28. The van der Waals surface area contributed by atoms with Gasteiger partial charge in [0.15, 0.2) is 0 Å². The molecule has 0 saturated carbocycles. The van der Waals surface area contributed by atoms with Crippen molar-refractivity contribution in [2.75, 3.05) is 39.6 Å². The van der Waals surface area contributed by atoms with Crippen molar-refractivity contribution in [1.82, 2.24) is 0 Å². The van der Waals surface area contributed by atoms with Crippen LogP contribution in [-0.4, -0.2) is 95.0 Å². The maximum atomic E-state index is 12.2. The molecule has 0 radical (unpaired) electrons. The van der Waals surface area contributed by atoms with Crippen molar-refractivity contribution < 1.29 is 71.4 Å². The minimum Gasteiger partial charge on any atom is -0.463 e. The second-order valence-electron chi connectivity index (χ2n) is 15.8. The molecule has 5 N–H and O–H groups in total. The molecule has 0 amide bonds. The van der Waals surface area contributed by atoms with Gasteiger partial charge < -0.3 is 34.6 Å². The van der Waals surface area contributed by atoms with Gasteiger partial charge in [-0.1, -0.05) is 137 Å². The van der Waals surface area contributed by atoms with Crippen LogP contribution in [0.4, 0.5) is 0 Å². The molecule has 0 aliphatic rings. The lowest BCUT2D eigenvalue weighted by molar-refractivity contribution is -0.148. The summed E-state index contributed by atoms with van der Waals surface area (Å²) < 4.78 is 52.9. The van der Waals surface area contributed by atoms with Crippen molar-refractivity contribution >= 4 is 27.6 Å². The lowest BCUT2D eigenvalue weighted by Gasteiger charge is -2.19. The van der Waals surface area contributed by atoms with Crippen LogP contribution in [0.1, 0.15) is 155 Å². The SMILES string of the molecule is CCCCC/C=C\C/C=C\C/C=C\C/C=C\CCCC(=O)OCC(O)COP(=O)(O)OCC(O)COP(=O)(O)OCC(O)COC(=O)CCCCCC/C=C\C/C=C\C/C=C\CCCCC. The monoisotopic (exact) mass is 975 g/mol. The maximum Gasteiger partial charge on any atom is 0.472 e. The van der Waals surface area contributed by atoms with Crippen molar-refractivity contribution in [1.29, 1.82) is 0 Å². The zero-order chi connectivity index (χ0) is 48.8. The van der Waals surface area contributed by atoms with Gasteiger partial charge in [-0.25, -0.2) is 9.13 Å². The zero-order valence-electron chi connectivity index (χ0n) is 39.8. The Morgan fingerprint density at radius 3 is 1.02 bits per heavy atom. The van der Waals surface area contributed by atoms with E-state index < -0.39 is 85.5 Å². The molecule has 0 rings (SSSR count). The highest BCUT2D eigenvalue weighted by molar-refractivity contribution is 7.47. The number of unbranched alkanes of at least 4 members (excludes halogenated alkanes) is 11. The number of carbonyl (C=O) groups is 2. The maximum absolute atomic E-state index is 12.2. The van der Waals surface area contributed by atoms with Crippen molar-refractivity contribution in [3.8, 4) is 0 Å². The van der Waals surface area contributed by atoms with Gasteiger partial charge in [0.2, 0.25) is 0 Å². The Bertz CT molecular complexity index is 1510. The predicted molar refractivity (Wildman–Crippen MR) is 260 cm³/mol. The molecule has 0 bridgehead atoms. The van der Waals surface area contributed by atoms with Crippen LogP contribution in [0, 0.1) is 0 Å². The van der Waals surface area contributed by atoms with E-state index in [0.29, 0.717) is 19.3 Å². The molecular formula is C49H84O15P2. The Balaban J connectivity index is 3.99. The topological polar surface area (TPSA) is 225 Å². The summed E-state index contributed by atoms with van der Waals surface area (Å²) in [4.78, 5) is 43.7. The molecule has 0 aliphatic carbocycles. The fourth-order valence-electron chi connectivity index (χ4n) is 5.56. The molecule has 17 heteroatoms. The number of aliphatic hydroxyl groups is 3.